The summed E-state index contributed by atoms with van der Waals surface area (Å²) in [5.74, 6) is 2.02. The Bertz CT molecular complexity index is 412. The average Bonchev–Trinajstić information content (AvgIpc) is 2.83. The number of ether oxygens (including phenoxy) is 1. The van der Waals surface area contributed by atoms with Crippen LogP contribution in [0.2, 0.25) is 0 Å². The lowest BCUT2D eigenvalue weighted by Gasteiger charge is -2.17. The van der Waals surface area contributed by atoms with Gasteiger partial charge in [-0.3, -0.25) is 0 Å². The van der Waals surface area contributed by atoms with E-state index in [2.05, 4.69) is 39.0 Å². The minimum absolute atomic E-state index is 0.408. The highest BCUT2D eigenvalue weighted by atomic mass is 16.5. The summed E-state index contributed by atoms with van der Waals surface area (Å²) in [6, 6.07) is 0.408. The Balaban J connectivity index is 2.18. The molecule has 0 aromatic carbocycles. The van der Waals surface area contributed by atoms with Crippen molar-refractivity contribution < 1.29 is 4.74 Å². The molecule has 1 atom stereocenters. The highest BCUT2D eigenvalue weighted by molar-refractivity contribution is 5.39. The van der Waals surface area contributed by atoms with Crippen molar-refractivity contribution in [1.82, 2.24) is 15.0 Å². The Morgan fingerprint density at radius 3 is 2.79 bits per heavy atom. The smallest absolute Gasteiger partial charge is 0.323 e. The zero-order chi connectivity index (χ0) is 13.7. The molecule has 2 heterocycles. The Hall–Kier alpha value is -1.59. The third-order valence-corrected chi connectivity index (χ3v) is 3.12. The molecule has 0 bridgehead atoms. The lowest BCUT2D eigenvalue weighted by atomic mass is 10.2. The molecule has 1 unspecified atom stereocenters. The van der Waals surface area contributed by atoms with E-state index in [-0.39, 0.29) is 0 Å². The zero-order valence-electron chi connectivity index (χ0n) is 12.0. The number of aromatic nitrogens is 3. The summed E-state index contributed by atoms with van der Waals surface area (Å²) in [5, 5.41) is 3.20. The van der Waals surface area contributed by atoms with Crippen LogP contribution in [0.1, 0.15) is 33.6 Å². The lowest BCUT2D eigenvalue weighted by molar-refractivity contribution is 0.312. The maximum atomic E-state index is 5.42. The number of hydrogen-bond acceptors (Lipinski definition) is 6. The van der Waals surface area contributed by atoms with E-state index in [1.165, 1.54) is 6.42 Å². The zero-order valence-corrected chi connectivity index (χ0v) is 12.0. The van der Waals surface area contributed by atoms with Crippen molar-refractivity contribution in [2.24, 2.45) is 5.92 Å². The van der Waals surface area contributed by atoms with E-state index in [0.29, 0.717) is 24.5 Å². The molecular formula is C13H23N5O. The molecule has 1 aliphatic heterocycles. The van der Waals surface area contributed by atoms with Crippen LogP contribution in [0.25, 0.3) is 0 Å². The highest BCUT2D eigenvalue weighted by Gasteiger charge is 2.22. The van der Waals surface area contributed by atoms with Gasteiger partial charge in [0, 0.05) is 19.6 Å². The molecule has 1 aliphatic rings. The van der Waals surface area contributed by atoms with Crippen LogP contribution in [0, 0.1) is 5.92 Å². The van der Waals surface area contributed by atoms with Crippen molar-refractivity contribution in [1.29, 1.82) is 0 Å². The highest BCUT2D eigenvalue weighted by Crippen LogP contribution is 2.22. The standard InChI is InChI=1S/C13H23N5O/c1-4-7-14-11-15-12(17-13(16-11)19-5-2)18-8-6-10(3)9-18/h10H,4-9H2,1-3H3,(H,14,15,16,17). The van der Waals surface area contributed by atoms with Gasteiger partial charge in [0.05, 0.1) is 6.61 Å². The van der Waals surface area contributed by atoms with Crippen LogP contribution in [-0.4, -0.2) is 41.2 Å². The fourth-order valence-electron chi connectivity index (χ4n) is 2.11. The minimum Gasteiger partial charge on any atom is -0.464 e. The number of rotatable bonds is 6. The number of hydrogen-bond donors (Lipinski definition) is 1. The SMILES string of the molecule is CCCNc1nc(OCC)nc(N2CCC(C)C2)n1. The second-order valence-electron chi connectivity index (χ2n) is 4.94. The lowest BCUT2D eigenvalue weighted by Crippen LogP contribution is -2.23. The van der Waals surface area contributed by atoms with Gasteiger partial charge >= 0.3 is 6.01 Å². The van der Waals surface area contributed by atoms with E-state index in [9.17, 15) is 0 Å². The van der Waals surface area contributed by atoms with Crippen LogP contribution in [0.5, 0.6) is 6.01 Å². The molecule has 1 fully saturated rings. The van der Waals surface area contributed by atoms with Gasteiger partial charge < -0.3 is 15.0 Å². The van der Waals surface area contributed by atoms with Crippen molar-refractivity contribution >= 4 is 11.9 Å². The third kappa shape index (κ3) is 3.68. The topological polar surface area (TPSA) is 63.2 Å². The van der Waals surface area contributed by atoms with Gasteiger partial charge in [0.25, 0.3) is 0 Å². The summed E-state index contributed by atoms with van der Waals surface area (Å²) in [6.07, 6.45) is 2.22. The molecule has 1 aromatic rings. The molecule has 6 heteroatoms. The Kier molecular flexibility index (Phi) is 4.76. The summed E-state index contributed by atoms with van der Waals surface area (Å²) in [6.45, 7) is 9.72. The predicted octanol–water partition coefficient (Wildman–Crippen LogP) is 1.94. The third-order valence-electron chi connectivity index (χ3n) is 3.12. The molecule has 19 heavy (non-hydrogen) atoms. The van der Waals surface area contributed by atoms with Crippen LogP contribution in [-0.2, 0) is 0 Å². The van der Waals surface area contributed by atoms with Gasteiger partial charge in [0.2, 0.25) is 11.9 Å². The second-order valence-corrected chi connectivity index (χ2v) is 4.94. The maximum Gasteiger partial charge on any atom is 0.323 e. The van der Waals surface area contributed by atoms with E-state index in [1.807, 2.05) is 6.92 Å². The van der Waals surface area contributed by atoms with E-state index >= 15 is 0 Å². The molecular weight excluding hydrogens is 242 g/mol. The number of nitrogens with zero attached hydrogens (tertiary/aromatic N) is 4. The van der Waals surface area contributed by atoms with Crippen LogP contribution >= 0.6 is 0 Å². The normalized spacial score (nSPS) is 18.7. The molecule has 0 radical (unpaired) electrons. The molecule has 1 aromatic heterocycles. The Morgan fingerprint density at radius 2 is 2.16 bits per heavy atom. The van der Waals surface area contributed by atoms with Gasteiger partial charge in [0.1, 0.15) is 0 Å². The summed E-state index contributed by atoms with van der Waals surface area (Å²) in [5.41, 5.74) is 0. The molecule has 106 valence electrons. The van der Waals surface area contributed by atoms with Crippen molar-refractivity contribution in [3.63, 3.8) is 0 Å². The van der Waals surface area contributed by atoms with Gasteiger partial charge in [-0.2, -0.15) is 15.0 Å². The first-order chi connectivity index (χ1) is 9.22. The number of nitrogens with one attached hydrogen (secondary N) is 1. The van der Waals surface area contributed by atoms with E-state index in [4.69, 9.17) is 4.74 Å². The summed E-state index contributed by atoms with van der Waals surface area (Å²) < 4.78 is 5.42. The quantitative estimate of drug-likeness (QED) is 0.848. The molecule has 0 aliphatic carbocycles. The monoisotopic (exact) mass is 265 g/mol. The summed E-state index contributed by atoms with van der Waals surface area (Å²) >= 11 is 0. The maximum absolute atomic E-state index is 5.42. The first kappa shape index (κ1) is 13.8. The van der Waals surface area contributed by atoms with Crippen molar-refractivity contribution in [3.8, 4) is 6.01 Å². The fraction of sp³-hybridized carbons (Fsp3) is 0.769. The largest absolute Gasteiger partial charge is 0.464 e. The molecule has 1 N–H and O–H groups in total. The van der Waals surface area contributed by atoms with E-state index in [0.717, 1.165) is 32.0 Å². The van der Waals surface area contributed by atoms with Crippen LogP contribution in [0.3, 0.4) is 0 Å². The van der Waals surface area contributed by atoms with E-state index in [1.54, 1.807) is 0 Å². The van der Waals surface area contributed by atoms with Gasteiger partial charge in [-0.25, -0.2) is 0 Å². The first-order valence-electron chi connectivity index (χ1n) is 7.10. The first-order valence-corrected chi connectivity index (χ1v) is 7.10. The molecule has 0 spiro atoms. The van der Waals surface area contributed by atoms with Gasteiger partial charge in [0.15, 0.2) is 0 Å². The average molecular weight is 265 g/mol. The van der Waals surface area contributed by atoms with Gasteiger partial charge in [-0.05, 0) is 25.7 Å². The van der Waals surface area contributed by atoms with Crippen LogP contribution in [0.15, 0.2) is 0 Å². The summed E-state index contributed by atoms with van der Waals surface area (Å²) in [7, 11) is 0. The molecule has 2 rings (SSSR count). The minimum atomic E-state index is 0.408. The number of anilines is 2. The van der Waals surface area contributed by atoms with Crippen LogP contribution < -0.4 is 15.0 Å². The van der Waals surface area contributed by atoms with Crippen molar-refractivity contribution in [2.75, 3.05) is 36.5 Å². The molecule has 6 nitrogen and oxygen atoms in total. The molecule has 0 saturated carbocycles. The molecule has 0 amide bonds. The van der Waals surface area contributed by atoms with Crippen molar-refractivity contribution in [2.45, 2.75) is 33.6 Å². The van der Waals surface area contributed by atoms with Crippen LogP contribution in [0.4, 0.5) is 11.9 Å². The van der Waals surface area contributed by atoms with Crippen molar-refractivity contribution in [3.05, 3.63) is 0 Å². The molecule has 1 saturated heterocycles. The summed E-state index contributed by atoms with van der Waals surface area (Å²) in [4.78, 5) is 15.3. The van der Waals surface area contributed by atoms with Gasteiger partial charge in [-0.15, -0.1) is 0 Å². The fourth-order valence-corrected chi connectivity index (χ4v) is 2.11. The predicted molar refractivity (Wildman–Crippen MR) is 75.8 cm³/mol. The van der Waals surface area contributed by atoms with E-state index < -0.39 is 0 Å². The van der Waals surface area contributed by atoms with Gasteiger partial charge in [-0.1, -0.05) is 13.8 Å². The Morgan fingerprint density at radius 1 is 1.32 bits per heavy atom. The Labute approximate surface area is 114 Å². The second kappa shape index (κ2) is 6.54.